The van der Waals surface area contributed by atoms with E-state index in [4.69, 9.17) is 9.47 Å². The molecule has 1 aromatic heterocycles. The Morgan fingerprint density at radius 2 is 1.72 bits per heavy atom. The number of rotatable bonds is 7. The molecule has 0 aliphatic carbocycles. The summed E-state index contributed by atoms with van der Waals surface area (Å²) in [5, 5.41) is 6.00. The molecule has 2 N–H and O–H groups in total. The minimum atomic E-state index is -0.314. The average molecular weight is 392 g/mol. The molecule has 2 aromatic carbocycles. The summed E-state index contributed by atoms with van der Waals surface area (Å²) in [4.78, 5) is 20.9. The maximum Gasteiger partial charge on any atom is 0.274 e. The predicted molar refractivity (Wildman–Crippen MR) is 113 cm³/mol. The maximum atomic E-state index is 12.6. The molecule has 29 heavy (non-hydrogen) atoms. The van der Waals surface area contributed by atoms with Crippen molar-refractivity contribution in [3.05, 3.63) is 66.1 Å². The third-order valence-corrected chi connectivity index (χ3v) is 4.40. The van der Waals surface area contributed by atoms with E-state index in [1.54, 1.807) is 38.5 Å². The standard InChI is InChI=1S/C22H24N4O3/c1-14(2)15-5-7-16(8-6-15)25-22(27)19-12-21(24-13-23-19)26-18-11-17(28-3)9-10-20(18)29-4/h5-14H,1-4H3,(H,25,27)(H,23,24,26). The van der Waals surface area contributed by atoms with Crippen LogP contribution >= 0.6 is 0 Å². The number of aromatic nitrogens is 2. The predicted octanol–water partition coefficient (Wildman–Crippen LogP) is 4.61. The van der Waals surface area contributed by atoms with Crippen molar-refractivity contribution in [3.8, 4) is 11.5 Å². The van der Waals surface area contributed by atoms with Crippen molar-refractivity contribution >= 4 is 23.1 Å². The van der Waals surface area contributed by atoms with Crippen LogP contribution in [-0.4, -0.2) is 30.1 Å². The fraction of sp³-hybridized carbons (Fsp3) is 0.227. The van der Waals surface area contributed by atoms with E-state index in [0.29, 0.717) is 34.6 Å². The Bertz CT molecular complexity index is 988. The van der Waals surface area contributed by atoms with Crippen LogP contribution in [0.15, 0.2) is 54.9 Å². The Kier molecular flexibility index (Phi) is 6.29. The number of hydrogen-bond donors (Lipinski definition) is 2. The van der Waals surface area contributed by atoms with Crippen LogP contribution in [0.4, 0.5) is 17.2 Å². The summed E-state index contributed by atoms with van der Waals surface area (Å²) < 4.78 is 10.6. The minimum Gasteiger partial charge on any atom is -0.497 e. The van der Waals surface area contributed by atoms with E-state index in [0.717, 1.165) is 0 Å². The van der Waals surface area contributed by atoms with Crippen LogP contribution in [0.5, 0.6) is 11.5 Å². The highest BCUT2D eigenvalue weighted by Gasteiger charge is 2.12. The number of amides is 1. The molecule has 0 aliphatic rings. The monoisotopic (exact) mass is 392 g/mol. The quantitative estimate of drug-likeness (QED) is 0.611. The molecule has 0 unspecified atom stereocenters. The first-order valence-electron chi connectivity index (χ1n) is 9.22. The zero-order valence-electron chi connectivity index (χ0n) is 16.9. The number of anilines is 3. The van der Waals surface area contributed by atoms with Crippen LogP contribution in [0.1, 0.15) is 35.8 Å². The number of carbonyl (C=O) groups excluding carboxylic acids is 1. The van der Waals surface area contributed by atoms with Gasteiger partial charge in [0.05, 0.1) is 19.9 Å². The average Bonchev–Trinajstić information content (AvgIpc) is 2.74. The van der Waals surface area contributed by atoms with E-state index in [9.17, 15) is 4.79 Å². The summed E-state index contributed by atoms with van der Waals surface area (Å²) in [5.74, 6) is 1.88. The highest BCUT2D eigenvalue weighted by Crippen LogP contribution is 2.31. The SMILES string of the molecule is COc1ccc(OC)c(Nc2cc(C(=O)Nc3ccc(C(C)C)cc3)ncn2)c1. The van der Waals surface area contributed by atoms with E-state index in [1.807, 2.05) is 24.3 Å². The summed E-state index contributed by atoms with van der Waals surface area (Å²) in [7, 11) is 3.17. The van der Waals surface area contributed by atoms with Crippen molar-refractivity contribution in [1.29, 1.82) is 0 Å². The fourth-order valence-corrected chi connectivity index (χ4v) is 2.75. The number of nitrogens with one attached hydrogen (secondary N) is 2. The lowest BCUT2D eigenvalue weighted by Crippen LogP contribution is -2.14. The van der Waals surface area contributed by atoms with Crippen LogP contribution in [0.3, 0.4) is 0 Å². The summed E-state index contributed by atoms with van der Waals surface area (Å²) in [6.45, 7) is 4.25. The van der Waals surface area contributed by atoms with Gasteiger partial charge >= 0.3 is 0 Å². The number of ether oxygens (including phenoxy) is 2. The summed E-state index contributed by atoms with van der Waals surface area (Å²) in [6, 6.07) is 14.7. The molecule has 0 fully saturated rings. The largest absolute Gasteiger partial charge is 0.497 e. The molecule has 7 nitrogen and oxygen atoms in total. The fourth-order valence-electron chi connectivity index (χ4n) is 2.75. The van der Waals surface area contributed by atoms with Crippen molar-refractivity contribution < 1.29 is 14.3 Å². The lowest BCUT2D eigenvalue weighted by atomic mass is 10.0. The van der Waals surface area contributed by atoms with Crippen LogP contribution in [0.2, 0.25) is 0 Å². The topological polar surface area (TPSA) is 85.4 Å². The molecule has 1 heterocycles. The Balaban J connectivity index is 1.76. The number of carbonyl (C=O) groups is 1. The molecular formula is C22H24N4O3. The smallest absolute Gasteiger partial charge is 0.274 e. The summed E-state index contributed by atoms with van der Waals surface area (Å²) in [6.07, 6.45) is 1.34. The number of nitrogens with zero attached hydrogens (tertiary/aromatic N) is 2. The van der Waals surface area contributed by atoms with Crippen LogP contribution in [0, 0.1) is 0 Å². The molecule has 3 rings (SSSR count). The molecule has 0 saturated carbocycles. The zero-order chi connectivity index (χ0) is 20.8. The zero-order valence-corrected chi connectivity index (χ0v) is 16.9. The number of hydrogen-bond acceptors (Lipinski definition) is 6. The first-order valence-corrected chi connectivity index (χ1v) is 9.22. The molecule has 0 bridgehead atoms. The molecule has 1 amide bonds. The molecule has 0 aliphatic heterocycles. The van der Waals surface area contributed by atoms with Crippen molar-refractivity contribution in [2.75, 3.05) is 24.9 Å². The van der Waals surface area contributed by atoms with Crippen LogP contribution in [-0.2, 0) is 0 Å². The summed E-state index contributed by atoms with van der Waals surface area (Å²) in [5.41, 5.74) is 2.84. The molecule has 0 atom stereocenters. The van der Waals surface area contributed by atoms with Gasteiger partial charge in [0.15, 0.2) is 0 Å². The van der Waals surface area contributed by atoms with Gasteiger partial charge < -0.3 is 20.1 Å². The van der Waals surface area contributed by atoms with E-state index in [2.05, 4.69) is 34.4 Å². The van der Waals surface area contributed by atoms with Gasteiger partial charge in [-0.25, -0.2) is 9.97 Å². The second kappa shape index (κ2) is 9.05. The second-order valence-corrected chi connectivity index (χ2v) is 6.71. The third kappa shape index (κ3) is 5.01. The van der Waals surface area contributed by atoms with E-state index in [-0.39, 0.29) is 11.6 Å². The Morgan fingerprint density at radius 3 is 2.38 bits per heavy atom. The molecule has 0 saturated heterocycles. The summed E-state index contributed by atoms with van der Waals surface area (Å²) >= 11 is 0. The second-order valence-electron chi connectivity index (χ2n) is 6.71. The van der Waals surface area contributed by atoms with Gasteiger partial charge in [0.2, 0.25) is 0 Å². The van der Waals surface area contributed by atoms with E-state index < -0.39 is 0 Å². The molecule has 0 spiro atoms. The van der Waals surface area contributed by atoms with Crippen molar-refractivity contribution in [2.45, 2.75) is 19.8 Å². The van der Waals surface area contributed by atoms with E-state index in [1.165, 1.54) is 11.9 Å². The van der Waals surface area contributed by atoms with Gasteiger partial charge in [-0.2, -0.15) is 0 Å². The van der Waals surface area contributed by atoms with Gasteiger partial charge in [0, 0.05) is 17.8 Å². The van der Waals surface area contributed by atoms with Gasteiger partial charge in [0.1, 0.15) is 29.3 Å². The lowest BCUT2D eigenvalue weighted by Gasteiger charge is -2.12. The van der Waals surface area contributed by atoms with Crippen molar-refractivity contribution in [3.63, 3.8) is 0 Å². The Labute approximate surface area is 170 Å². The van der Waals surface area contributed by atoms with Crippen molar-refractivity contribution in [1.82, 2.24) is 9.97 Å². The normalized spacial score (nSPS) is 10.5. The molecule has 7 heteroatoms. The Hall–Kier alpha value is -3.61. The van der Waals surface area contributed by atoms with Gasteiger partial charge in [-0.3, -0.25) is 4.79 Å². The maximum absolute atomic E-state index is 12.6. The number of methoxy groups -OCH3 is 2. The van der Waals surface area contributed by atoms with Crippen LogP contribution in [0.25, 0.3) is 0 Å². The highest BCUT2D eigenvalue weighted by atomic mass is 16.5. The molecule has 3 aromatic rings. The van der Waals surface area contributed by atoms with Gasteiger partial charge in [0.25, 0.3) is 5.91 Å². The highest BCUT2D eigenvalue weighted by molar-refractivity contribution is 6.03. The van der Waals surface area contributed by atoms with Gasteiger partial charge in [-0.15, -0.1) is 0 Å². The molecule has 0 radical (unpaired) electrons. The van der Waals surface area contributed by atoms with Gasteiger partial charge in [-0.1, -0.05) is 26.0 Å². The van der Waals surface area contributed by atoms with E-state index >= 15 is 0 Å². The Morgan fingerprint density at radius 1 is 0.966 bits per heavy atom. The minimum absolute atomic E-state index is 0.247. The lowest BCUT2D eigenvalue weighted by molar-refractivity contribution is 0.102. The number of benzene rings is 2. The first kappa shape index (κ1) is 20.1. The van der Waals surface area contributed by atoms with Crippen molar-refractivity contribution in [2.24, 2.45) is 0 Å². The first-order chi connectivity index (χ1) is 14.0. The molecule has 150 valence electrons. The van der Waals surface area contributed by atoms with Crippen LogP contribution < -0.4 is 20.1 Å². The molecular weight excluding hydrogens is 368 g/mol. The van der Waals surface area contributed by atoms with Gasteiger partial charge in [-0.05, 0) is 35.7 Å². The third-order valence-electron chi connectivity index (χ3n) is 4.40.